The van der Waals surface area contributed by atoms with Gasteiger partial charge in [0.05, 0.1) is 49.6 Å². The van der Waals surface area contributed by atoms with E-state index in [4.69, 9.17) is 21.1 Å². The first-order valence-corrected chi connectivity index (χ1v) is 17.7. The van der Waals surface area contributed by atoms with Crippen molar-refractivity contribution in [2.45, 2.75) is 30.7 Å². The summed E-state index contributed by atoms with van der Waals surface area (Å²) in [7, 11) is 2.86. The third-order valence-electron chi connectivity index (χ3n) is 11.0. The summed E-state index contributed by atoms with van der Waals surface area (Å²) >= 11 is 7.89. The van der Waals surface area contributed by atoms with Gasteiger partial charge in [0, 0.05) is 15.8 Å². The number of phenolic OH excluding ortho intramolecular Hbond substituents is 1. The van der Waals surface area contributed by atoms with Crippen molar-refractivity contribution in [1.82, 2.24) is 4.90 Å². The van der Waals surface area contributed by atoms with Crippen LogP contribution in [0.2, 0.25) is 5.02 Å². The van der Waals surface area contributed by atoms with Crippen molar-refractivity contribution in [3.05, 3.63) is 117 Å². The van der Waals surface area contributed by atoms with E-state index in [0.29, 0.717) is 28.3 Å². The SMILES string of the molecule is COc1cc(C2C3=CCC4C(=O)N(Cc5cccs5)C(=O)C4C3CC3C(=O)N(c4cccc(Cl)c4)C(=O)C32c2ccccc2)cc(OC)c1O. The summed E-state index contributed by atoms with van der Waals surface area (Å²) in [6.07, 6.45) is 2.49. The predicted octanol–water partition coefficient (Wildman–Crippen LogP) is 6.49. The molecule has 4 aliphatic rings. The fourth-order valence-electron chi connectivity index (χ4n) is 8.98. The molecule has 1 saturated carbocycles. The van der Waals surface area contributed by atoms with Crippen molar-refractivity contribution in [3.8, 4) is 17.2 Å². The summed E-state index contributed by atoms with van der Waals surface area (Å²) in [6, 6.07) is 23.1. The Morgan fingerprint density at radius 1 is 0.880 bits per heavy atom. The molecule has 1 aromatic heterocycles. The van der Waals surface area contributed by atoms with Gasteiger partial charge >= 0.3 is 0 Å². The molecule has 3 aromatic carbocycles. The minimum absolute atomic E-state index is 0.133. The predicted molar refractivity (Wildman–Crippen MR) is 187 cm³/mol. The Labute approximate surface area is 297 Å². The Hall–Kier alpha value is -4.93. The quantitative estimate of drug-likeness (QED) is 0.173. The number of phenols is 1. The average molecular weight is 709 g/mol. The molecular formula is C39H33ClN2O7S. The molecule has 254 valence electrons. The number of amides is 4. The number of fused-ring (bicyclic) bond motifs is 4. The topological polar surface area (TPSA) is 113 Å². The highest BCUT2D eigenvalue weighted by atomic mass is 35.5. The van der Waals surface area contributed by atoms with Crippen LogP contribution in [-0.2, 0) is 31.1 Å². The largest absolute Gasteiger partial charge is 0.502 e. The second-order valence-corrected chi connectivity index (χ2v) is 14.7. The highest BCUT2D eigenvalue weighted by Crippen LogP contribution is 2.65. The number of ether oxygens (including phenoxy) is 2. The molecule has 3 fully saturated rings. The van der Waals surface area contributed by atoms with Gasteiger partial charge in [-0.05, 0) is 71.7 Å². The van der Waals surface area contributed by atoms with E-state index in [1.54, 1.807) is 36.4 Å². The lowest BCUT2D eigenvalue weighted by molar-refractivity contribution is -0.141. The highest BCUT2D eigenvalue weighted by Gasteiger charge is 2.70. The first-order chi connectivity index (χ1) is 24.2. The number of aromatic hydroxyl groups is 1. The number of carbonyl (C=O) groups excluding carboxylic acids is 4. The van der Waals surface area contributed by atoms with Crippen LogP contribution in [0.4, 0.5) is 5.69 Å². The lowest BCUT2D eigenvalue weighted by atomic mass is 9.49. The maximum atomic E-state index is 15.4. The standard InChI is InChI=1S/C39H33ClN2O7S/c1-48-30-16-21(17-31(49-2)34(30)43)33-26-13-14-27-32(37(46)41(35(27)44)20-25-12-7-15-50-25)28(26)19-29-36(45)42(24-11-6-10-23(40)18-24)38(47)39(29,33)22-8-4-3-5-9-22/h3-13,15-18,27-29,32-33,43H,14,19-20H2,1-2H3. The summed E-state index contributed by atoms with van der Waals surface area (Å²) in [6.45, 7) is 0.192. The third kappa shape index (κ3) is 4.58. The Balaban J connectivity index is 1.37. The van der Waals surface area contributed by atoms with E-state index in [9.17, 15) is 19.5 Å². The first kappa shape index (κ1) is 32.3. The summed E-state index contributed by atoms with van der Waals surface area (Å²) < 4.78 is 11.2. The van der Waals surface area contributed by atoms with Crippen molar-refractivity contribution >= 4 is 52.3 Å². The van der Waals surface area contributed by atoms with Gasteiger partial charge in [0.2, 0.25) is 29.4 Å². The number of allylic oxidation sites excluding steroid dienone is 2. The average Bonchev–Trinajstić information content (AvgIpc) is 3.79. The number of likely N-dealkylation sites (tertiary alicyclic amines) is 1. The number of rotatable bonds is 7. The van der Waals surface area contributed by atoms with E-state index in [2.05, 4.69) is 0 Å². The fraction of sp³-hybridized carbons (Fsp3) is 0.282. The van der Waals surface area contributed by atoms with Gasteiger partial charge in [-0.1, -0.05) is 65.7 Å². The number of anilines is 1. The van der Waals surface area contributed by atoms with Gasteiger partial charge in [-0.2, -0.15) is 0 Å². The number of hydrogen-bond donors (Lipinski definition) is 1. The molecule has 0 radical (unpaired) electrons. The van der Waals surface area contributed by atoms with Crippen LogP contribution in [0.5, 0.6) is 17.2 Å². The molecule has 6 unspecified atom stereocenters. The number of methoxy groups -OCH3 is 2. The number of carbonyl (C=O) groups is 4. The molecule has 9 nitrogen and oxygen atoms in total. The number of thiophene rings is 1. The molecule has 0 spiro atoms. The zero-order valence-electron chi connectivity index (χ0n) is 27.2. The molecule has 4 amide bonds. The van der Waals surface area contributed by atoms with Crippen LogP contribution in [0, 0.1) is 23.7 Å². The van der Waals surface area contributed by atoms with Crippen molar-refractivity contribution < 1.29 is 33.8 Å². The third-order valence-corrected chi connectivity index (χ3v) is 12.1. The molecule has 6 atom stereocenters. The van der Waals surface area contributed by atoms with Crippen molar-refractivity contribution in [2.75, 3.05) is 19.1 Å². The smallest absolute Gasteiger partial charge is 0.246 e. The second kappa shape index (κ2) is 12.1. The van der Waals surface area contributed by atoms with E-state index in [-0.39, 0.29) is 42.0 Å². The van der Waals surface area contributed by atoms with E-state index in [1.165, 1.54) is 35.4 Å². The normalized spacial score (nSPS) is 27.2. The second-order valence-electron chi connectivity index (χ2n) is 13.2. The zero-order valence-corrected chi connectivity index (χ0v) is 28.8. The molecule has 50 heavy (non-hydrogen) atoms. The summed E-state index contributed by atoms with van der Waals surface area (Å²) in [5.41, 5.74) is 0.889. The minimum atomic E-state index is -1.47. The Morgan fingerprint density at radius 2 is 1.62 bits per heavy atom. The van der Waals surface area contributed by atoms with Crippen LogP contribution in [0.1, 0.15) is 34.8 Å². The zero-order chi connectivity index (χ0) is 34.9. The summed E-state index contributed by atoms with van der Waals surface area (Å²) in [4.78, 5) is 62.0. The van der Waals surface area contributed by atoms with Gasteiger partial charge in [-0.15, -0.1) is 11.3 Å². The van der Waals surface area contributed by atoms with Gasteiger partial charge in [-0.25, -0.2) is 4.90 Å². The van der Waals surface area contributed by atoms with E-state index < -0.39 is 46.8 Å². The van der Waals surface area contributed by atoms with Crippen LogP contribution < -0.4 is 14.4 Å². The van der Waals surface area contributed by atoms with Gasteiger partial charge in [-0.3, -0.25) is 24.1 Å². The van der Waals surface area contributed by atoms with E-state index in [1.807, 2.05) is 53.9 Å². The summed E-state index contributed by atoms with van der Waals surface area (Å²) in [5, 5.41) is 13.2. The van der Waals surface area contributed by atoms with Crippen molar-refractivity contribution in [1.29, 1.82) is 0 Å². The maximum Gasteiger partial charge on any atom is 0.246 e. The number of halogens is 1. The summed E-state index contributed by atoms with van der Waals surface area (Å²) in [5.74, 6) is -4.78. The molecule has 4 aromatic rings. The maximum absolute atomic E-state index is 15.4. The van der Waals surface area contributed by atoms with Gasteiger partial charge < -0.3 is 14.6 Å². The Morgan fingerprint density at radius 3 is 2.28 bits per heavy atom. The molecule has 11 heteroatoms. The van der Waals surface area contributed by atoms with E-state index in [0.717, 1.165) is 10.5 Å². The lowest BCUT2D eigenvalue weighted by Gasteiger charge is -2.50. The molecule has 3 heterocycles. The van der Waals surface area contributed by atoms with Crippen LogP contribution in [0.3, 0.4) is 0 Å². The molecule has 8 rings (SSSR count). The monoisotopic (exact) mass is 708 g/mol. The lowest BCUT2D eigenvalue weighted by Crippen LogP contribution is -2.53. The molecule has 1 N–H and O–H groups in total. The first-order valence-electron chi connectivity index (χ1n) is 16.4. The number of benzene rings is 3. The number of imide groups is 2. The number of nitrogens with zero attached hydrogens (tertiary/aromatic N) is 2. The number of hydrogen-bond acceptors (Lipinski definition) is 8. The van der Waals surface area contributed by atoms with Gasteiger partial charge in [0.15, 0.2) is 11.5 Å². The highest BCUT2D eigenvalue weighted by molar-refractivity contribution is 7.09. The van der Waals surface area contributed by atoms with Gasteiger partial charge in [0.1, 0.15) is 0 Å². The molecule has 2 aliphatic heterocycles. The van der Waals surface area contributed by atoms with Crippen molar-refractivity contribution in [2.24, 2.45) is 23.7 Å². The molecule has 2 saturated heterocycles. The van der Waals surface area contributed by atoms with Crippen LogP contribution in [-0.4, -0.2) is 47.9 Å². The Bertz CT molecular complexity index is 2060. The van der Waals surface area contributed by atoms with Crippen LogP contribution >= 0.6 is 22.9 Å². The molecule has 0 bridgehead atoms. The van der Waals surface area contributed by atoms with Crippen molar-refractivity contribution in [3.63, 3.8) is 0 Å². The minimum Gasteiger partial charge on any atom is -0.502 e. The fourth-order valence-corrected chi connectivity index (χ4v) is 9.86. The molecular weight excluding hydrogens is 676 g/mol. The molecule has 2 aliphatic carbocycles. The van der Waals surface area contributed by atoms with Crippen LogP contribution in [0.15, 0.2) is 95.9 Å². The van der Waals surface area contributed by atoms with Gasteiger partial charge in [0.25, 0.3) is 0 Å². The van der Waals surface area contributed by atoms with Crippen LogP contribution in [0.25, 0.3) is 0 Å². The Kier molecular flexibility index (Phi) is 7.84. The van der Waals surface area contributed by atoms with E-state index >= 15 is 4.79 Å².